The van der Waals surface area contributed by atoms with Gasteiger partial charge in [-0.15, -0.1) is 0 Å². The zero-order valence-corrected chi connectivity index (χ0v) is 11.6. The Morgan fingerprint density at radius 3 is 2.80 bits per heavy atom. The molecule has 0 saturated carbocycles. The monoisotopic (exact) mass is 270 g/mol. The highest BCUT2D eigenvalue weighted by molar-refractivity contribution is 5.29. The van der Waals surface area contributed by atoms with E-state index in [9.17, 15) is 4.39 Å². The molecule has 1 aliphatic rings. The highest BCUT2D eigenvalue weighted by Crippen LogP contribution is 2.37. The maximum atomic E-state index is 13.5. The third-order valence-electron chi connectivity index (χ3n) is 4.12. The summed E-state index contributed by atoms with van der Waals surface area (Å²) in [6.07, 6.45) is 3.03. The molecule has 0 aliphatic carbocycles. The molecule has 0 radical (unpaired) electrons. The topological polar surface area (TPSA) is 24.9 Å². The average molecular weight is 270 g/mol. The highest BCUT2D eigenvalue weighted by Gasteiger charge is 2.28. The molecule has 2 atom stereocenters. The van der Waals surface area contributed by atoms with Crippen LogP contribution in [0.25, 0.3) is 0 Å². The van der Waals surface area contributed by atoms with Crippen LogP contribution in [-0.4, -0.2) is 18.1 Å². The molecular formula is C17H19FN2. The van der Waals surface area contributed by atoms with Gasteiger partial charge in [0, 0.05) is 24.4 Å². The van der Waals surface area contributed by atoms with Crippen LogP contribution >= 0.6 is 0 Å². The van der Waals surface area contributed by atoms with Crippen LogP contribution in [0.2, 0.25) is 0 Å². The van der Waals surface area contributed by atoms with Crippen molar-refractivity contribution in [1.29, 1.82) is 0 Å². The third-order valence-corrected chi connectivity index (χ3v) is 4.12. The highest BCUT2D eigenvalue weighted by atomic mass is 19.1. The summed E-state index contributed by atoms with van der Waals surface area (Å²) in [5.74, 6) is 0.559. The van der Waals surface area contributed by atoms with E-state index in [0.29, 0.717) is 11.8 Å². The molecule has 1 fully saturated rings. The van der Waals surface area contributed by atoms with Gasteiger partial charge in [-0.3, -0.25) is 4.98 Å². The van der Waals surface area contributed by atoms with Gasteiger partial charge < -0.3 is 5.32 Å². The van der Waals surface area contributed by atoms with Gasteiger partial charge in [-0.25, -0.2) is 4.39 Å². The van der Waals surface area contributed by atoms with Gasteiger partial charge in [-0.1, -0.05) is 18.2 Å². The molecular weight excluding hydrogens is 251 g/mol. The molecule has 2 unspecified atom stereocenters. The van der Waals surface area contributed by atoms with Crippen LogP contribution in [0.1, 0.15) is 35.1 Å². The van der Waals surface area contributed by atoms with E-state index in [0.717, 1.165) is 30.8 Å². The van der Waals surface area contributed by atoms with Crippen LogP contribution in [0.4, 0.5) is 4.39 Å². The largest absolute Gasteiger partial charge is 0.316 e. The predicted octanol–water partition coefficient (Wildman–Crippen LogP) is 3.39. The number of piperidine rings is 1. The number of nitrogens with zero attached hydrogens (tertiary/aromatic N) is 1. The Morgan fingerprint density at radius 2 is 2.05 bits per heavy atom. The number of aromatic nitrogens is 1. The van der Waals surface area contributed by atoms with Gasteiger partial charge in [0.05, 0.1) is 0 Å². The van der Waals surface area contributed by atoms with Crippen LogP contribution in [0.3, 0.4) is 0 Å². The maximum absolute atomic E-state index is 13.5. The van der Waals surface area contributed by atoms with E-state index in [4.69, 9.17) is 0 Å². The molecule has 2 heterocycles. The van der Waals surface area contributed by atoms with Crippen molar-refractivity contribution in [3.05, 3.63) is 65.2 Å². The van der Waals surface area contributed by atoms with E-state index in [-0.39, 0.29) is 5.82 Å². The Kier molecular flexibility index (Phi) is 3.79. The van der Waals surface area contributed by atoms with E-state index in [1.54, 1.807) is 12.1 Å². The first-order valence-corrected chi connectivity index (χ1v) is 7.13. The first-order valence-electron chi connectivity index (χ1n) is 7.13. The second kappa shape index (κ2) is 5.71. The number of rotatable bonds is 2. The van der Waals surface area contributed by atoms with Crippen LogP contribution in [0, 0.1) is 12.7 Å². The van der Waals surface area contributed by atoms with Gasteiger partial charge in [0.25, 0.3) is 0 Å². The molecule has 0 bridgehead atoms. The molecule has 0 amide bonds. The fraction of sp³-hybridized carbons (Fsp3) is 0.353. The summed E-state index contributed by atoms with van der Waals surface area (Å²) in [6.45, 7) is 3.89. The number of aryl methyl sites for hydroxylation is 1. The van der Waals surface area contributed by atoms with Crippen molar-refractivity contribution in [1.82, 2.24) is 10.3 Å². The molecule has 3 heteroatoms. The van der Waals surface area contributed by atoms with Gasteiger partial charge in [0.1, 0.15) is 5.82 Å². The summed E-state index contributed by atoms with van der Waals surface area (Å²) in [5, 5.41) is 3.42. The van der Waals surface area contributed by atoms with Gasteiger partial charge in [0.2, 0.25) is 0 Å². The zero-order valence-electron chi connectivity index (χ0n) is 11.6. The third kappa shape index (κ3) is 2.73. The Labute approximate surface area is 119 Å². The number of hydrogen-bond donors (Lipinski definition) is 1. The minimum absolute atomic E-state index is 0.158. The summed E-state index contributed by atoms with van der Waals surface area (Å²) in [7, 11) is 0. The van der Waals surface area contributed by atoms with Crippen molar-refractivity contribution >= 4 is 0 Å². The summed E-state index contributed by atoms with van der Waals surface area (Å²) in [5.41, 5.74) is 3.36. The van der Waals surface area contributed by atoms with Crippen molar-refractivity contribution in [3.63, 3.8) is 0 Å². The molecule has 0 spiro atoms. The fourth-order valence-electron chi connectivity index (χ4n) is 3.04. The molecule has 2 nitrogen and oxygen atoms in total. The molecule has 3 rings (SSSR count). The standard InChI is InChI=1S/C17H19FN2/c1-12-5-6-14(10-20-12)16-7-8-19-11-17(16)13-3-2-4-15(18)9-13/h2-6,9-10,16-17,19H,7-8,11H2,1H3. The minimum Gasteiger partial charge on any atom is -0.316 e. The Morgan fingerprint density at radius 1 is 1.15 bits per heavy atom. The van der Waals surface area contributed by atoms with Crippen molar-refractivity contribution in [3.8, 4) is 0 Å². The van der Waals surface area contributed by atoms with Crippen molar-refractivity contribution in [2.24, 2.45) is 0 Å². The maximum Gasteiger partial charge on any atom is 0.123 e. The second-order valence-corrected chi connectivity index (χ2v) is 5.49. The van der Waals surface area contributed by atoms with Crippen LogP contribution < -0.4 is 5.32 Å². The molecule has 1 aliphatic heterocycles. The lowest BCUT2D eigenvalue weighted by molar-refractivity contribution is 0.402. The van der Waals surface area contributed by atoms with E-state index < -0.39 is 0 Å². The molecule has 2 aromatic rings. The Hall–Kier alpha value is -1.74. The predicted molar refractivity (Wildman–Crippen MR) is 78.3 cm³/mol. The van der Waals surface area contributed by atoms with Crippen molar-refractivity contribution in [2.75, 3.05) is 13.1 Å². The summed E-state index contributed by atoms with van der Waals surface area (Å²) >= 11 is 0. The van der Waals surface area contributed by atoms with E-state index in [2.05, 4.69) is 22.4 Å². The first kappa shape index (κ1) is 13.3. The number of benzene rings is 1. The Bertz CT molecular complexity index is 580. The first-order chi connectivity index (χ1) is 9.74. The summed E-state index contributed by atoms with van der Waals surface area (Å²) in [4.78, 5) is 4.41. The van der Waals surface area contributed by atoms with Crippen molar-refractivity contribution < 1.29 is 4.39 Å². The van der Waals surface area contributed by atoms with E-state index in [1.165, 1.54) is 11.6 Å². The fourth-order valence-corrected chi connectivity index (χ4v) is 3.04. The quantitative estimate of drug-likeness (QED) is 0.904. The van der Waals surface area contributed by atoms with E-state index >= 15 is 0 Å². The molecule has 1 N–H and O–H groups in total. The van der Waals surface area contributed by atoms with Gasteiger partial charge in [-0.2, -0.15) is 0 Å². The number of halogens is 1. The molecule has 1 aromatic heterocycles. The lowest BCUT2D eigenvalue weighted by Gasteiger charge is -2.33. The number of hydrogen-bond acceptors (Lipinski definition) is 2. The van der Waals surface area contributed by atoms with Crippen molar-refractivity contribution in [2.45, 2.75) is 25.2 Å². The molecule has 104 valence electrons. The van der Waals surface area contributed by atoms with Gasteiger partial charge in [0.15, 0.2) is 0 Å². The summed E-state index contributed by atoms with van der Waals surface area (Å²) < 4.78 is 13.5. The van der Waals surface area contributed by atoms with Crippen LogP contribution in [0.5, 0.6) is 0 Å². The Balaban J connectivity index is 1.93. The minimum atomic E-state index is -0.158. The molecule has 1 aromatic carbocycles. The zero-order chi connectivity index (χ0) is 13.9. The van der Waals surface area contributed by atoms with Crippen LogP contribution in [0.15, 0.2) is 42.6 Å². The normalized spacial score (nSPS) is 22.7. The van der Waals surface area contributed by atoms with E-state index in [1.807, 2.05) is 19.2 Å². The van der Waals surface area contributed by atoms with Crippen LogP contribution in [-0.2, 0) is 0 Å². The smallest absolute Gasteiger partial charge is 0.123 e. The summed E-state index contributed by atoms with van der Waals surface area (Å²) in [6, 6.07) is 11.2. The lowest BCUT2D eigenvalue weighted by atomic mass is 9.78. The molecule has 20 heavy (non-hydrogen) atoms. The average Bonchev–Trinajstić information content (AvgIpc) is 2.48. The lowest BCUT2D eigenvalue weighted by Crippen LogP contribution is -2.34. The second-order valence-electron chi connectivity index (χ2n) is 5.49. The number of nitrogens with one attached hydrogen (secondary N) is 1. The number of pyridine rings is 1. The van der Waals surface area contributed by atoms with Gasteiger partial charge in [-0.05, 0) is 55.1 Å². The molecule has 1 saturated heterocycles. The SMILES string of the molecule is Cc1ccc(C2CCNCC2c2cccc(F)c2)cn1. The van der Waals surface area contributed by atoms with Gasteiger partial charge >= 0.3 is 0 Å².